The van der Waals surface area contributed by atoms with Crippen molar-refractivity contribution in [2.24, 2.45) is 0 Å². The molecule has 0 aromatic heterocycles. The van der Waals surface area contributed by atoms with Gasteiger partial charge in [0.05, 0.1) is 10.5 Å². The smallest absolute Gasteiger partial charge is 0.162 e. The summed E-state index contributed by atoms with van der Waals surface area (Å²) >= 11 is 0. The van der Waals surface area contributed by atoms with E-state index in [0.717, 1.165) is 29.9 Å². The van der Waals surface area contributed by atoms with E-state index < -0.39 is 14.6 Å². The summed E-state index contributed by atoms with van der Waals surface area (Å²) in [7, 11) is -3.16. The number of ether oxygens (including phenoxy) is 2. The number of fused-ring (bicyclic) bond motifs is 1. The zero-order chi connectivity index (χ0) is 19.7. The summed E-state index contributed by atoms with van der Waals surface area (Å²) in [6.45, 7) is 7.81. The normalized spacial score (nSPS) is 17.0. The molecule has 0 saturated heterocycles. The van der Waals surface area contributed by atoms with Gasteiger partial charge in [0.2, 0.25) is 0 Å². The van der Waals surface area contributed by atoms with Crippen molar-refractivity contribution in [2.75, 3.05) is 6.61 Å². The van der Waals surface area contributed by atoms with Gasteiger partial charge >= 0.3 is 0 Å². The lowest BCUT2D eigenvalue weighted by Crippen LogP contribution is -2.29. The van der Waals surface area contributed by atoms with E-state index >= 15 is 0 Å². The average Bonchev–Trinajstić information content (AvgIpc) is 2.59. The zero-order valence-corrected chi connectivity index (χ0v) is 17.3. The molecule has 0 radical (unpaired) electrons. The third-order valence-corrected chi connectivity index (χ3v) is 7.40. The average molecular weight is 389 g/mol. The molecule has 1 heterocycles. The molecule has 0 spiro atoms. The van der Waals surface area contributed by atoms with E-state index in [1.54, 1.807) is 20.8 Å². The van der Waals surface area contributed by atoms with Gasteiger partial charge in [-0.05, 0) is 69.4 Å². The highest BCUT2D eigenvalue weighted by atomic mass is 32.2. The molecule has 146 valence electrons. The Bertz CT molecular complexity index is 893. The van der Waals surface area contributed by atoms with E-state index in [4.69, 9.17) is 9.47 Å². The predicted molar refractivity (Wildman–Crippen MR) is 108 cm³/mol. The molecule has 5 heteroatoms. The van der Waals surface area contributed by atoms with E-state index in [1.165, 1.54) is 11.1 Å². The van der Waals surface area contributed by atoms with Gasteiger partial charge in [0.15, 0.2) is 21.3 Å². The molecule has 3 rings (SSSR count). The fourth-order valence-electron chi connectivity index (χ4n) is 2.90. The Morgan fingerprint density at radius 1 is 0.926 bits per heavy atom. The quantitative estimate of drug-likeness (QED) is 0.764. The summed E-state index contributed by atoms with van der Waals surface area (Å²) in [4.78, 5) is 0. The van der Waals surface area contributed by atoms with Crippen molar-refractivity contribution in [3.8, 4) is 11.5 Å². The van der Waals surface area contributed by atoms with Gasteiger partial charge in [-0.25, -0.2) is 8.42 Å². The van der Waals surface area contributed by atoms with Crippen LogP contribution in [0.15, 0.2) is 42.5 Å². The maximum atomic E-state index is 12.3. The van der Waals surface area contributed by atoms with Crippen LogP contribution in [0.25, 0.3) is 0 Å². The van der Waals surface area contributed by atoms with Crippen LogP contribution in [-0.4, -0.2) is 25.9 Å². The molecule has 1 aliphatic rings. The van der Waals surface area contributed by atoms with Gasteiger partial charge in [-0.15, -0.1) is 0 Å². The third kappa shape index (κ3) is 4.83. The van der Waals surface area contributed by atoms with Gasteiger partial charge in [0.1, 0.15) is 12.7 Å². The Morgan fingerprint density at radius 2 is 1.52 bits per heavy atom. The third-order valence-electron chi connectivity index (χ3n) is 4.82. The van der Waals surface area contributed by atoms with Crippen molar-refractivity contribution in [3.05, 3.63) is 59.2 Å². The fraction of sp³-hybridized carbons (Fsp3) is 0.455. The largest absolute Gasteiger partial charge is 0.486 e. The summed E-state index contributed by atoms with van der Waals surface area (Å²) in [5.41, 5.74) is 3.22. The fourth-order valence-corrected chi connectivity index (χ4v) is 3.97. The number of rotatable bonds is 5. The molecule has 0 amide bonds. The second-order valence-corrected chi connectivity index (χ2v) is 11.0. The van der Waals surface area contributed by atoms with Crippen LogP contribution in [0.2, 0.25) is 0 Å². The second kappa shape index (κ2) is 7.55. The first-order valence-electron chi connectivity index (χ1n) is 9.36. The number of benzene rings is 2. The standard InChI is InChI=1S/C22H28O4S/c1-16-14-25-20-12-11-18(13-21(20)26-16)8-5-17-6-9-19(10-7-17)15-27(23,24)22(2,3)4/h6-7,9-13,16H,5,8,14-15H2,1-4H3. The number of hydrogen-bond acceptors (Lipinski definition) is 4. The summed E-state index contributed by atoms with van der Waals surface area (Å²) < 4.78 is 35.4. The van der Waals surface area contributed by atoms with E-state index in [2.05, 4.69) is 12.1 Å². The minimum Gasteiger partial charge on any atom is -0.486 e. The summed E-state index contributed by atoms with van der Waals surface area (Å²) in [6.07, 6.45) is 1.86. The number of sulfone groups is 1. The lowest BCUT2D eigenvalue weighted by molar-refractivity contribution is 0.104. The van der Waals surface area contributed by atoms with Crippen LogP contribution in [0.1, 0.15) is 44.4 Å². The Labute approximate surface area is 162 Å². The van der Waals surface area contributed by atoms with E-state index in [9.17, 15) is 8.42 Å². The summed E-state index contributed by atoms with van der Waals surface area (Å²) in [6, 6.07) is 14.0. The van der Waals surface area contributed by atoms with E-state index in [0.29, 0.717) is 6.61 Å². The van der Waals surface area contributed by atoms with Gasteiger partial charge in [-0.1, -0.05) is 30.3 Å². The zero-order valence-electron chi connectivity index (χ0n) is 16.5. The van der Waals surface area contributed by atoms with Crippen molar-refractivity contribution in [1.29, 1.82) is 0 Å². The van der Waals surface area contributed by atoms with E-state index in [-0.39, 0.29) is 11.9 Å². The molecule has 0 N–H and O–H groups in total. The van der Waals surface area contributed by atoms with Gasteiger partial charge in [-0.2, -0.15) is 0 Å². The molecule has 27 heavy (non-hydrogen) atoms. The molecule has 1 aliphatic heterocycles. The first kappa shape index (κ1) is 19.7. The van der Waals surface area contributed by atoms with E-state index in [1.807, 2.05) is 37.3 Å². The molecule has 0 saturated carbocycles. The highest BCUT2D eigenvalue weighted by Crippen LogP contribution is 2.32. The van der Waals surface area contributed by atoms with Gasteiger partial charge in [0, 0.05) is 0 Å². The Balaban J connectivity index is 1.62. The predicted octanol–water partition coefficient (Wildman–Crippen LogP) is 4.34. The van der Waals surface area contributed by atoms with Crippen molar-refractivity contribution in [3.63, 3.8) is 0 Å². The van der Waals surface area contributed by atoms with Crippen LogP contribution in [0.3, 0.4) is 0 Å². The first-order chi connectivity index (χ1) is 12.6. The van der Waals surface area contributed by atoms with Crippen LogP contribution in [0, 0.1) is 0 Å². The van der Waals surface area contributed by atoms with Crippen molar-refractivity contribution >= 4 is 9.84 Å². The monoisotopic (exact) mass is 388 g/mol. The van der Waals surface area contributed by atoms with Crippen molar-refractivity contribution in [2.45, 2.75) is 57.1 Å². The Hall–Kier alpha value is -2.01. The topological polar surface area (TPSA) is 52.6 Å². The van der Waals surface area contributed by atoms with Crippen LogP contribution in [0.5, 0.6) is 11.5 Å². The summed E-state index contributed by atoms with van der Waals surface area (Å²) in [5, 5.41) is 0. The molecule has 2 aromatic rings. The Morgan fingerprint density at radius 3 is 2.19 bits per heavy atom. The molecule has 1 unspecified atom stereocenters. The van der Waals surface area contributed by atoms with Crippen LogP contribution in [-0.2, 0) is 28.4 Å². The van der Waals surface area contributed by atoms with Gasteiger partial charge < -0.3 is 9.47 Å². The summed E-state index contributed by atoms with van der Waals surface area (Å²) in [5.74, 6) is 1.70. The van der Waals surface area contributed by atoms with Crippen LogP contribution >= 0.6 is 0 Å². The van der Waals surface area contributed by atoms with Crippen molar-refractivity contribution < 1.29 is 17.9 Å². The molecule has 0 bridgehead atoms. The van der Waals surface area contributed by atoms with Crippen LogP contribution < -0.4 is 9.47 Å². The number of hydrogen-bond donors (Lipinski definition) is 0. The highest BCUT2D eigenvalue weighted by molar-refractivity contribution is 7.91. The molecule has 0 aliphatic carbocycles. The molecular formula is C22H28O4S. The molecule has 2 aromatic carbocycles. The molecule has 1 atom stereocenters. The van der Waals surface area contributed by atoms with Crippen molar-refractivity contribution in [1.82, 2.24) is 0 Å². The molecular weight excluding hydrogens is 360 g/mol. The highest BCUT2D eigenvalue weighted by Gasteiger charge is 2.28. The van der Waals surface area contributed by atoms with Crippen LogP contribution in [0.4, 0.5) is 0 Å². The first-order valence-corrected chi connectivity index (χ1v) is 11.0. The second-order valence-electron chi connectivity index (χ2n) is 8.21. The molecule has 0 fully saturated rings. The SMILES string of the molecule is CC1COc2ccc(CCc3ccc(CS(=O)(=O)C(C)(C)C)cc3)cc2O1. The minimum atomic E-state index is -3.16. The van der Waals surface area contributed by atoms with Gasteiger partial charge in [-0.3, -0.25) is 0 Å². The maximum absolute atomic E-state index is 12.3. The van der Waals surface area contributed by atoms with Gasteiger partial charge in [0.25, 0.3) is 0 Å². The number of aryl methyl sites for hydroxylation is 2. The molecule has 4 nitrogen and oxygen atoms in total. The lowest BCUT2D eigenvalue weighted by atomic mass is 10.0. The lowest BCUT2D eigenvalue weighted by Gasteiger charge is -2.24. The Kier molecular flexibility index (Phi) is 5.52. The maximum Gasteiger partial charge on any atom is 0.162 e. The minimum absolute atomic E-state index is 0.0738.